The first kappa shape index (κ1) is 38.3. The van der Waals surface area contributed by atoms with Crippen LogP contribution in [0.2, 0.25) is 10.0 Å². The molecule has 0 aliphatic rings. The summed E-state index contributed by atoms with van der Waals surface area (Å²) in [5.74, 6) is -0.262. The fourth-order valence-electron chi connectivity index (χ4n) is 3.04. The van der Waals surface area contributed by atoms with Crippen LogP contribution in [0.3, 0.4) is 0 Å². The van der Waals surface area contributed by atoms with Crippen molar-refractivity contribution >= 4 is 79.9 Å². The normalized spacial score (nSPS) is 9.27. The van der Waals surface area contributed by atoms with E-state index in [0.29, 0.717) is 15.1 Å². The molecule has 4 aromatic rings. The molecule has 0 radical (unpaired) electrons. The minimum Gasteiger partial charge on any atom is -0.870 e. The summed E-state index contributed by atoms with van der Waals surface area (Å²) in [6.07, 6.45) is 4.47. The molecule has 0 fully saturated rings. The number of carbonyl (C=O) groups excluding carboxylic acids is 3. The molecule has 0 atom stereocenters. The van der Waals surface area contributed by atoms with Crippen molar-refractivity contribution in [2.45, 2.75) is 12.8 Å². The van der Waals surface area contributed by atoms with E-state index in [4.69, 9.17) is 40.3 Å². The molecule has 0 aliphatic carbocycles. The molecular formula is C25H21Cl3KN7O5. The van der Waals surface area contributed by atoms with Gasteiger partial charge in [0.05, 0.1) is 26.4 Å². The van der Waals surface area contributed by atoms with Gasteiger partial charge in [0.25, 0.3) is 0 Å². The van der Waals surface area contributed by atoms with E-state index in [1.807, 2.05) is 42.5 Å². The second kappa shape index (κ2) is 19.4. The Kier molecular flexibility index (Phi) is 18.2. The minimum absolute atomic E-state index is 0. The van der Waals surface area contributed by atoms with E-state index in [-0.39, 0.29) is 80.7 Å². The molecule has 4 rings (SSSR count). The third-order valence-electron chi connectivity index (χ3n) is 4.79. The molecule has 16 heteroatoms. The average molecular weight is 645 g/mol. The van der Waals surface area contributed by atoms with Crippen LogP contribution in [0.15, 0.2) is 66.2 Å². The van der Waals surface area contributed by atoms with Gasteiger partial charge >= 0.3 is 63.6 Å². The van der Waals surface area contributed by atoms with Gasteiger partial charge in [-0.3, -0.25) is 19.6 Å². The number of nitrogens with zero attached hydrogens (tertiary/aromatic N) is 6. The quantitative estimate of drug-likeness (QED) is 0.0628. The molecular weight excluding hydrogens is 624 g/mol. The zero-order valence-electron chi connectivity index (χ0n) is 21.7. The fourth-order valence-corrected chi connectivity index (χ4v) is 3.53. The van der Waals surface area contributed by atoms with Gasteiger partial charge in [-0.15, -0.1) is 4.91 Å². The summed E-state index contributed by atoms with van der Waals surface area (Å²) in [6, 6.07) is 13.8. The second-order valence-electron chi connectivity index (χ2n) is 7.72. The van der Waals surface area contributed by atoms with Crippen LogP contribution in [0.4, 0.5) is 4.79 Å². The molecule has 2 amide bonds. The molecule has 41 heavy (non-hydrogen) atoms. The van der Waals surface area contributed by atoms with Crippen molar-refractivity contribution in [3.63, 3.8) is 0 Å². The summed E-state index contributed by atoms with van der Waals surface area (Å²) >= 11 is 17.0. The van der Waals surface area contributed by atoms with E-state index in [1.54, 1.807) is 18.5 Å². The van der Waals surface area contributed by atoms with E-state index >= 15 is 0 Å². The Morgan fingerprint density at radius 1 is 0.951 bits per heavy atom. The van der Waals surface area contributed by atoms with Crippen molar-refractivity contribution in [1.82, 2.24) is 15.0 Å². The molecule has 0 aliphatic heterocycles. The van der Waals surface area contributed by atoms with Crippen LogP contribution >= 0.6 is 34.8 Å². The average Bonchev–Trinajstić information content (AvgIpc) is 2.88. The van der Waals surface area contributed by atoms with Gasteiger partial charge in [0.1, 0.15) is 0 Å². The number of benzene rings is 2. The fraction of sp³-hybridized carbons (Fsp3) is 0.120. The molecule has 3 N–H and O–H groups in total. The number of primary amides is 1. The van der Waals surface area contributed by atoms with Gasteiger partial charge < -0.3 is 16.7 Å². The van der Waals surface area contributed by atoms with Crippen molar-refractivity contribution in [3.8, 4) is 0 Å². The molecule has 12 nitrogen and oxygen atoms in total. The van der Waals surface area contributed by atoms with Crippen LogP contribution in [-0.4, -0.2) is 55.6 Å². The zero-order chi connectivity index (χ0) is 28.9. The van der Waals surface area contributed by atoms with Crippen molar-refractivity contribution in [3.05, 3.63) is 92.5 Å². The van der Waals surface area contributed by atoms with Gasteiger partial charge in [-0.05, 0) is 59.1 Å². The summed E-state index contributed by atoms with van der Waals surface area (Å²) < 4.78 is 0. The smallest absolute Gasteiger partial charge is 0.870 e. The van der Waals surface area contributed by atoms with Gasteiger partial charge in [-0.1, -0.05) is 35.3 Å². The number of nitrogens with two attached hydrogens (primary N) is 1. The van der Waals surface area contributed by atoms with Crippen LogP contribution < -0.4 is 57.1 Å². The molecule has 0 spiro atoms. The maximum absolute atomic E-state index is 11.3. The Hall–Kier alpha value is -2.68. The zero-order valence-corrected chi connectivity index (χ0v) is 27.1. The van der Waals surface area contributed by atoms with Crippen molar-refractivity contribution in [2.75, 3.05) is 7.05 Å². The number of Topliss-reactive ketones (excluding diaryl/α,β-unsaturated/α-hetero) is 1. The van der Waals surface area contributed by atoms with Gasteiger partial charge in [0.15, 0.2) is 0 Å². The molecule has 2 aromatic carbocycles. The monoisotopic (exact) mass is 643 g/mol. The number of fused-ring (bicyclic) bond motifs is 2. The first-order valence-corrected chi connectivity index (χ1v) is 12.0. The number of rotatable bonds is 6. The summed E-state index contributed by atoms with van der Waals surface area (Å²) in [5.41, 5.74) is 16.1. The Labute approximate surface area is 291 Å². The summed E-state index contributed by atoms with van der Waals surface area (Å²) in [6.45, 7) is 0. The largest absolute Gasteiger partial charge is 1.00 e. The number of pyridine rings is 2. The van der Waals surface area contributed by atoms with Gasteiger partial charge in [0, 0.05) is 43.1 Å². The number of aromatic nitrogens is 2. The van der Waals surface area contributed by atoms with Gasteiger partial charge in [0.2, 0.25) is 11.0 Å². The first-order valence-electron chi connectivity index (χ1n) is 10.9. The number of hydrogen-bond donors (Lipinski definition) is 1. The van der Waals surface area contributed by atoms with Gasteiger partial charge in [-0.2, -0.15) is 9.80 Å². The van der Waals surface area contributed by atoms with E-state index in [0.717, 1.165) is 39.1 Å². The molecule has 208 valence electrons. The summed E-state index contributed by atoms with van der Waals surface area (Å²) in [7, 11) is 1.18. The third kappa shape index (κ3) is 13.7. The second-order valence-corrected chi connectivity index (χ2v) is 9.02. The van der Waals surface area contributed by atoms with E-state index < -0.39 is 6.03 Å². The van der Waals surface area contributed by atoms with Crippen LogP contribution in [-0.2, 0) is 22.4 Å². The number of amides is 2. The summed E-state index contributed by atoms with van der Waals surface area (Å²) in [4.78, 5) is 52.1. The van der Waals surface area contributed by atoms with Crippen molar-refractivity contribution < 1.29 is 76.0 Å². The predicted molar refractivity (Wildman–Crippen MR) is 152 cm³/mol. The topological polar surface area (TPSA) is 202 Å². The Balaban J connectivity index is 0.000000617. The maximum atomic E-state index is 11.3. The molecule has 2 aromatic heterocycles. The Morgan fingerprint density at radius 2 is 1.41 bits per heavy atom. The third-order valence-corrected chi connectivity index (χ3v) is 5.34. The summed E-state index contributed by atoms with van der Waals surface area (Å²) in [5, 5.41) is 5.25. The predicted octanol–water partition coefficient (Wildman–Crippen LogP) is 2.00. The standard InChI is InChI=1S/C12H8ClN3O.C11H7Cl2NO.C2H5N3O2.K.H2O/c13-10-5-9-3-8(4-11(17)7-16-14)1-2-12(9)15-6-10;12-9-5-8-3-7(4-11(13)15)1-2-10(8)14-6-9;1-5(4-7)2(3)6;;/h1-3,5-7H,4H2;1-3,5-6H,4H2;1H3,(H2,3,6);;1H2/q;;;+1;/p-1. The molecule has 0 saturated heterocycles. The minimum atomic E-state index is -0.852. The molecule has 0 saturated carbocycles. The van der Waals surface area contributed by atoms with Crippen LogP contribution in [0, 0.1) is 4.91 Å². The van der Waals surface area contributed by atoms with Crippen LogP contribution in [0.1, 0.15) is 11.1 Å². The molecule has 2 heterocycles. The number of nitroso groups, excluding NO2 is 1. The first-order chi connectivity index (χ1) is 18.5. The number of carbonyl (C=O) groups is 3. The van der Waals surface area contributed by atoms with Crippen LogP contribution in [0.25, 0.3) is 27.3 Å². The number of hydrogen-bond acceptors (Lipinski definition) is 8. The molecule has 0 bridgehead atoms. The van der Waals surface area contributed by atoms with Gasteiger partial charge in [-0.25, -0.2) is 4.79 Å². The Bertz CT molecular complexity index is 1590. The SMILES string of the molecule is CN(N=O)C(N)=O.O=C(Cl)Cc1ccc2ncc(Cl)cc2c1.[K+].[N-]=[N+]=CC(=O)Cc1ccc2ncc(Cl)cc2c1.[OH-]. The number of halogens is 3. The van der Waals surface area contributed by atoms with Crippen molar-refractivity contribution in [2.24, 2.45) is 11.0 Å². The maximum Gasteiger partial charge on any atom is 1.00 e. The van der Waals surface area contributed by atoms with E-state index in [9.17, 15) is 19.3 Å². The van der Waals surface area contributed by atoms with E-state index in [2.05, 4.69) is 25.8 Å². The van der Waals surface area contributed by atoms with Crippen molar-refractivity contribution in [1.29, 1.82) is 0 Å². The number of ketones is 1. The van der Waals surface area contributed by atoms with E-state index in [1.165, 1.54) is 7.05 Å². The Morgan fingerprint density at radius 3 is 1.78 bits per heavy atom. The number of urea groups is 1. The van der Waals surface area contributed by atoms with Crippen LogP contribution in [0.5, 0.6) is 0 Å². The molecule has 0 unspecified atom stereocenters.